The first-order valence-electron chi connectivity index (χ1n) is 10.5. The van der Waals surface area contributed by atoms with Crippen molar-refractivity contribution in [2.45, 2.75) is 25.9 Å². The van der Waals surface area contributed by atoms with Crippen LogP contribution in [0.3, 0.4) is 0 Å². The van der Waals surface area contributed by atoms with Crippen molar-refractivity contribution in [1.29, 1.82) is 0 Å². The van der Waals surface area contributed by atoms with Crippen molar-refractivity contribution in [2.75, 3.05) is 43.8 Å². The van der Waals surface area contributed by atoms with E-state index in [9.17, 15) is 13.2 Å². The van der Waals surface area contributed by atoms with Gasteiger partial charge in [-0.1, -0.05) is 43.3 Å². The summed E-state index contributed by atoms with van der Waals surface area (Å²) in [5.41, 5.74) is 1.68. The van der Waals surface area contributed by atoms with Gasteiger partial charge in [0.05, 0.1) is 19.1 Å². The molecule has 2 aromatic carbocycles. The van der Waals surface area contributed by atoms with E-state index in [1.54, 1.807) is 29.2 Å². The molecule has 0 spiro atoms. The van der Waals surface area contributed by atoms with Crippen LogP contribution in [-0.4, -0.2) is 69.7 Å². The fourth-order valence-electron chi connectivity index (χ4n) is 3.97. The number of hydrogen-bond acceptors (Lipinski definition) is 5. The van der Waals surface area contributed by atoms with E-state index < -0.39 is 16.1 Å². The number of benzene rings is 2. The summed E-state index contributed by atoms with van der Waals surface area (Å²) < 4.78 is 31.8. The first-order chi connectivity index (χ1) is 14.8. The van der Waals surface area contributed by atoms with Gasteiger partial charge in [-0.2, -0.15) is 0 Å². The monoisotopic (exact) mass is 445 g/mol. The molecule has 1 aliphatic rings. The van der Waals surface area contributed by atoms with Crippen molar-refractivity contribution >= 4 is 21.6 Å². The smallest absolute Gasteiger partial charge is 0.246 e. The van der Waals surface area contributed by atoms with E-state index >= 15 is 0 Å². The molecule has 3 rings (SSSR count). The Balaban J connectivity index is 1.73. The van der Waals surface area contributed by atoms with Crippen molar-refractivity contribution in [2.24, 2.45) is 0 Å². The maximum Gasteiger partial charge on any atom is 0.246 e. The zero-order valence-electron chi connectivity index (χ0n) is 18.4. The SMILES string of the molecule is CC[C@H](C(=O)N1CCN(Cc2ccccc2)CC1)N(c1cccc(OC)c1)S(C)(=O)=O. The fraction of sp³-hybridized carbons (Fsp3) is 0.435. The van der Waals surface area contributed by atoms with Crippen molar-refractivity contribution in [3.8, 4) is 5.75 Å². The highest BCUT2D eigenvalue weighted by Crippen LogP contribution is 2.27. The molecule has 2 aromatic rings. The molecule has 31 heavy (non-hydrogen) atoms. The third-order valence-corrected chi connectivity index (χ3v) is 6.73. The number of sulfonamides is 1. The van der Waals surface area contributed by atoms with Crippen LogP contribution in [0.2, 0.25) is 0 Å². The number of piperazine rings is 1. The highest BCUT2D eigenvalue weighted by molar-refractivity contribution is 7.92. The first-order valence-corrected chi connectivity index (χ1v) is 12.4. The highest BCUT2D eigenvalue weighted by Gasteiger charge is 2.35. The Morgan fingerprint density at radius 1 is 1.06 bits per heavy atom. The Kier molecular flexibility index (Phi) is 7.56. The maximum atomic E-state index is 13.4. The second kappa shape index (κ2) is 10.2. The average molecular weight is 446 g/mol. The lowest BCUT2D eigenvalue weighted by atomic mass is 10.1. The molecule has 1 fully saturated rings. The van der Waals surface area contributed by atoms with E-state index in [1.165, 1.54) is 17.0 Å². The lowest BCUT2D eigenvalue weighted by Gasteiger charge is -2.39. The van der Waals surface area contributed by atoms with Crippen LogP contribution in [0.5, 0.6) is 5.75 Å². The van der Waals surface area contributed by atoms with Gasteiger partial charge < -0.3 is 9.64 Å². The number of rotatable bonds is 8. The van der Waals surface area contributed by atoms with Gasteiger partial charge in [0.1, 0.15) is 11.8 Å². The summed E-state index contributed by atoms with van der Waals surface area (Å²) in [6.07, 6.45) is 1.52. The quantitative estimate of drug-likeness (QED) is 0.625. The molecule has 1 aliphatic heterocycles. The molecule has 0 bridgehead atoms. The lowest BCUT2D eigenvalue weighted by molar-refractivity contribution is -0.134. The van der Waals surface area contributed by atoms with Gasteiger partial charge in [-0.05, 0) is 24.1 Å². The van der Waals surface area contributed by atoms with Crippen LogP contribution in [0, 0.1) is 0 Å². The van der Waals surface area contributed by atoms with Crippen molar-refractivity contribution in [3.63, 3.8) is 0 Å². The zero-order valence-corrected chi connectivity index (χ0v) is 19.2. The van der Waals surface area contributed by atoms with E-state index in [0.717, 1.165) is 25.9 Å². The first kappa shape index (κ1) is 23.1. The van der Waals surface area contributed by atoms with Gasteiger partial charge in [-0.25, -0.2) is 8.42 Å². The van der Waals surface area contributed by atoms with Crippen LogP contribution in [0.15, 0.2) is 54.6 Å². The normalized spacial score (nSPS) is 16.0. The van der Waals surface area contributed by atoms with Crippen LogP contribution >= 0.6 is 0 Å². The number of hydrogen-bond donors (Lipinski definition) is 0. The van der Waals surface area contributed by atoms with E-state index in [-0.39, 0.29) is 5.91 Å². The molecule has 168 valence electrons. The topological polar surface area (TPSA) is 70.2 Å². The fourth-order valence-corrected chi connectivity index (χ4v) is 5.17. The minimum absolute atomic E-state index is 0.157. The summed E-state index contributed by atoms with van der Waals surface area (Å²) in [4.78, 5) is 17.5. The third-order valence-electron chi connectivity index (χ3n) is 5.55. The van der Waals surface area contributed by atoms with Crippen LogP contribution in [0.1, 0.15) is 18.9 Å². The molecule has 7 nitrogen and oxygen atoms in total. The van der Waals surface area contributed by atoms with Gasteiger partial charge in [0, 0.05) is 38.8 Å². The minimum Gasteiger partial charge on any atom is -0.497 e. The summed E-state index contributed by atoms with van der Waals surface area (Å²) in [5, 5.41) is 0. The van der Waals surface area contributed by atoms with Gasteiger partial charge >= 0.3 is 0 Å². The van der Waals surface area contributed by atoms with Gasteiger partial charge in [-0.3, -0.25) is 14.0 Å². The highest BCUT2D eigenvalue weighted by atomic mass is 32.2. The van der Waals surface area contributed by atoms with Crippen molar-refractivity contribution in [3.05, 3.63) is 60.2 Å². The van der Waals surface area contributed by atoms with E-state index in [4.69, 9.17) is 4.74 Å². The van der Waals surface area contributed by atoms with Crippen LogP contribution < -0.4 is 9.04 Å². The zero-order chi connectivity index (χ0) is 22.4. The molecule has 1 heterocycles. The Morgan fingerprint density at radius 2 is 1.74 bits per heavy atom. The molecule has 0 saturated carbocycles. The second-order valence-electron chi connectivity index (χ2n) is 7.77. The maximum absolute atomic E-state index is 13.4. The molecule has 0 aliphatic carbocycles. The van der Waals surface area contributed by atoms with Crippen molar-refractivity contribution < 1.29 is 17.9 Å². The number of anilines is 1. The number of ether oxygens (including phenoxy) is 1. The van der Waals surface area contributed by atoms with Crippen LogP contribution in [0.4, 0.5) is 5.69 Å². The van der Waals surface area contributed by atoms with Gasteiger partial charge in [0.15, 0.2) is 0 Å². The Hall–Kier alpha value is -2.58. The van der Waals surface area contributed by atoms with Gasteiger partial charge in [0.2, 0.25) is 15.9 Å². The molecule has 1 saturated heterocycles. The van der Waals surface area contributed by atoms with E-state index in [0.29, 0.717) is 30.9 Å². The summed E-state index contributed by atoms with van der Waals surface area (Å²) >= 11 is 0. The predicted octanol–water partition coefficient (Wildman–Crippen LogP) is 2.58. The molecule has 1 amide bonds. The Labute approximate surface area is 185 Å². The molecular formula is C23H31N3O4S. The molecular weight excluding hydrogens is 414 g/mol. The van der Waals surface area contributed by atoms with Crippen LogP contribution in [-0.2, 0) is 21.4 Å². The summed E-state index contributed by atoms with van der Waals surface area (Å²) in [6.45, 7) is 5.37. The summed E-state index contributed by atoms with van der Waals surface area (Å²) in [5.74, 6) is 0.387. The third kappa shape index (κ3) is 5.77. The molecule has 0 unspecified atom stereocenters. The lowest BCUT2D eigenvalue weighted by Crippen LogP contribution is -2.55. The molecule has 0 N–H and O–H groups in total. The van der Waals surface area contributed by atoms with Crippen LogP contribution in [0.25, 0.3) is 0 Å². The number of methoxy groups -OCH3 is 1. The molecule has 8 heteroatoms. The van der Waals surface area contributed by atoms with E-state index in [1.807, 2.05) is 25.1 Å². The standard InChI is InChI=1S/C23H31N3O4S/c1-4-22(26(31(3,28)29)20-11-8-12-21(17-20)30-2)23(27)25-15-13-24(14-16-25)18-19-9-6-5-7-10-19/h5-12,17,22H,4,13-16,18H2,1-3H3/t22-/m1/s1. The van der Waals surface area contributed by atoms with Gasteiger partial charge in [0.25, 0.3) is 0 Å². The largest absolute Gasteiger partial charge is 0.497 e. The van der Waals surface area contributed by atoms with Gasteiger partial charge in [-0.15, -0.1) is 0 Å². The average Bonchev–Trinajstić information content (AvgIpc) is 2.77. The predicted molar refractivity (Wildman–Crippen MR) is 123 cm³/mol. The van der Waals surface area contributed by atoms with Crippen molar-refractivity contribution in [1.82, 2.24) is 9.80 Å². The summed E-state index contributed by atoms with van der Waals surface area (Å²) in [6, 6.07) is 16.3. The minimum atomic E-state index is -3.67. The summed E-state index contributed by atoms with van der Waals surface area (Å²) in [7, 11) is -2.14. The molecule has 0 aromatic heterocycles. The Bertz CT molecular complexity index is 973. The second-order valence-corrected chi connectivity index (χ2v) is 9.63. The van der Waals surface area contributed by atoms with E-state index in [2.05, 4.69) is 17.0 Å². The number of amides is 1. The number of nitrogens with zero attached hydrogens (tertiary/aromatic N) is 3. The Morgan fingerprint density at radius 3 is 2.32 bits per heavy atom. The number of carbonyl (C=O) groups is 1. The molecule has 1 atom stereocenters. The number of carbonyl (C=O) groups excluding carboxylic acids is 1. The molecule has 0 radical (unpaired) electrons.